The number of fused-ring (bicyclic) bond motifs is 1. The van der Waals surface area contributed by atoms with Gasteiger partial charge in [-0.2, -0.15) is 0 Å². The first-order valence-electron chi connectivity index (χ1n) is 5.93. The molecule has 20 heavy (non-hydrogen) atoms. The van der Waals surface area contributed by atoms with E-state index in [1.54, 1.807) is 12.1 Å². The van der Waals surface area contributed by atoms with E-state index in [9.17, 15) is 4.79 Å². The Morgan fingerprint density at radius 3 is 2.55 bits per heavy atom. The third-order valence-corrected chi connectivity index (χ3v) is 4.11. The Hall–Kier alpha value is -1.53. The van der Waals surface area contributed by atoms with Crippen molar-refractivity contribution >= 4 is 57.1 Å². The third-order valence-electron chi connectivity index (χ3n) is 3.15. The van der Waals surface area contributed by atoms with Crippen molar-refractivity contribution in [2.45, 2.75) is 0 Å². The van der Waals surface area contributed by atoms with Crippen molar-refractivity contribution in [3.8, 4) is 0 Å². The van der Waals surface area contributed by atoms with Gasteiger partial charge in [-0.15, -0.1) is 0 Å². The lowest BCUT2D eigenvalue weighted by atomic mass is 10.0. The molecule has 1 heterocycles. The molecule has 1 aliphatic heterocycles. The first-order chi connectivity index (χ1) is 9.56. The van der Waals surface area contributed by atoms with Gasteiger partial charge in [-0.3, -0.25) is 4.79 Å². The van der Waals surface area contributed by atoms with Crippen LogP contribution in [0.4, 0.5) is 5.69 Å². The molecule has 1 aliphatic rings. The average Bonchev–Trinajstić information content (AvgIpc) is 2.73. The van der Waals surface area contributed by atoms with Gasteiger partial charge in [-0.1, -0.05) is 29.8 Å². The Morgan fingerprint density at radius 1 is 1.15 bits per heavy atom. The van der Waals surface area contributed by atoms with E-state index in [1.165, 1.54) is 0 Å². The van der Waals surface area contributed by atoms with Crippen molar-refractivity contribution in [2.24, 2.45) is 5.73 Å². The summed E-state index contributed by atoms with van der Waals surface area (Å²) in [6.07, 6.45) is 0. The van der Waals surface area contributed by atoms with E-state index in [4.69, 9.17) is 17.3 Å². The zero-order chi connectivity index (χ0) is 14.3. The number of anilines is 1. The van der Waals surface area contributed by atoms with E-state index in [1.807, 2.05) is 30.3 Å². The second-order valence-corrected chi connectivity index (χ2v) is 6.12. The lowest BCUT2D eigenvalue weighted by Gasteiger charge is -2.06. The highest BCUT2D eigenvalue weighted by atomic mass is 127. The van der Waals surface area contributed by atoms with Crippen molar-refractivity contribution in [3.05, 3.63) is 62.2 Å². The third kappa shape index (κ3) is 2.29. The maximum absolute atomic E-state index is 12.1. The number of nitrogens with two attached hydrogens (primary N) is 1. The molecule has 0 radical (unpaired) electrons. The number of carbonyl (C=O) groups excluding carboxylic acids is 1. The van der Waals surface area contributed by atoms with E-state index in [0.29, 0.717) is 22.0 Å². The summed E-state index contributed by atoms with van der Waals surface area (Å²) >= 11 is 8.16. The molecule has 5 heteroatoms. The van der Waals surface area contributed by atoms with E-state index in [2.05, 4.69) is 27.9 Å². The Morgan fingerprint density at radius 2 is 1.85 bits per heavy atom. The van der Waals surface area contributed by atoms with Crippen LogP contribution in [0, 0.1) is 3.57 Å². The monoisotopic (exact) mass is 396 g/mol. The fourth-order valence-corrected chi connectivity index (χ4v) is 2.72. The van der Waals surface area contributed by atoms with E-state index in [-0.39, 0.29) is 5.91 Å². The molecular weight excluding hydrogens is 387 g/mol. The highest BCUT2D eigenvalue weighted by Gasteiger charge is 2.27. The van der Waals surface area contributed by atoms with Crippen LogP contribution in [0.15, 0.2) is 42.5 Å². The van der Waals surface area contributed by atoms with Gasteiger partial charge in [0, 0.05) is 14.2 Å². The number of rotatable bonds is 1. The Kier molecular flexibility index (Phi) is 3.43. The second kappa shape index (κ2) is 5.10. The SMILES string of the molecule is N/C(=C1\C(=O)Nc2cc(Cl)ccc21)c1ccc(I)cc1. The number of hydrogen-bond acceptors (Lipinski definition) is 2. The normalized spacial score (nSPS) is 15.8. The maximum atomic E-state index is 12.1. The van der Waals surface area contributed by atoms with Crippen molar-refractivity contribution in [3.63, 3.8) is 0 Å². The van der Waals surface area contributed by atoms with Gasteiger partial charge in [0.05, 0.1) is 17.0 Å². The van der Waals surface area contributed by atoms with E-state index in [0.717, 1.165) is 14.7 Å². The van der Waals surface area contributed by atoms with Crippen LogP contribution in [-0.2, 0) is 4.79 Å². The van der Waals surface area contributed by atoms with Crippen LogP contribution in [0.3, 0.4) is 0 Å². The van der Waals surface area contributed by atoms with Gasteiger partial charge in [0.1, 0.15) is 0 Å². The van der Waals surface area contributed by atoms with Crippen LogP contribution < -0.4 is 11.1 Å². The van der Waals surface area contributed by atoms with Gasteiger partial charge >= 0.3 is 0 Å². The van der Waals surface area contributed by atoms with Gasteiger partial charge < -0.3 is 11.1 Å². The standard InChI is InChI=1S/C15H10ClIN2O/c16-9-3-6-11-12(7-9)19-15(20)13(11)14(18)8-1-4-10(17)5-2-8/h1-7H,18H2,(H,19,20)/b14-13-. The molecule has 0 aromatic heterocycles. The molecule has 0 saturated carbocycles. The fourth-order valence-electron chi connectivity index (χ4n) is 2.19. The molecule has 3 rings (SSSR count). The molecule has 0 aliphatic carbocycles. The lowest BCUT2D eigenvalue weighted by molar-refractivity contribution is -0.110. The van der Waals surface area contributed by atoms with Crippen LogP contribution >= 0.6 is 34.2 Å². The minimum Gasteiger partial charge on any atom is -0.398 e. The molecule has 0 atom stereocenters. The summed E-state index contributed by atoms with van der Waals surface area (Å²) in [4.78, 5) is 12.1. The molecule has 3 N–H and O–H groups in total. The van der Waals surface area contributed by atoms with Gasteiger partial charge in [-0.05, 0) is 52.4 Å². The lowest BCUT2D eigenvalue weighted by Crippen LogP contribution is -2.09. The fraction of sp³-hybridized carbons (Fsp3) is 0. The number of nitrogens with one attached hydrogen (secondary N) is 1. The molecule has 0 unspecified atom stereocenters. The molecule has 0 bridgehead atoms. The molecule has 3 nitrogen and oxygen atoms in total. The molecule has 1 amide bonds. The minimum absolute atomic E-state index is 0.196. The van der Waals surface area contributed by atoms with Crippen LogP contribution in [0.2, 0.25) is 5.02 Å². The summed E-state index contributed by atoms with van der Waals surface area (Å²) in [5, 5.41) is 3.37. The number of halogens is 2. The Labute approximate surface area is 135 Å². The number of amides is 1. The second-order valence-electron chi connectivity index (χ2n) is 4.44. The summed E-state index contributed by atoms with van der Waals surface area (Å²) in [6, 6.07) is 13.0. The quantitative estimate of drug-likeness (QED) is 0.570. The van der Waals surface area contributed by atoms with Crippen LogP contribution in [0.25, 0.3) is 11.3 Å². The molecule has 2 aromatic carbocycles. The molecule has 0 saturated heterocycles. The molecule has 100 valence electrons. The molecule has 2 aromatic rings. The zero-order valence-corrected chi connectivity index (χ0v) is 13.2. The number of carbonyl (C=O) groups is 1. The van der Waals surface area contributed by atoms with Crippen molar-refractivity contribution in [1.82, 2.24) is 0 Å². The average molecular weight is 397 g/mol. The highest BCUT2D eigenvalue weighted by Crippen LogP contribution is 2.36. The van der Waals surface area contributed by atoms with Crippen LogP contribution in [-0.4, -0.2) is 5.91 Å². The van der Waals surface area contributed by atoms with Crippen LogP contribution in [0.1, 0.15) is 11.1 Å². The number of benzene rings is 2. The van der Waals surface area contributed by atoms with E-state index >= 15 is 0 Å². The van der Waals surface area contributed by atoms with Gasteiger partial charge in [0.15, 0.2) is 0 Å². The van der Waals surface area contributed by atoms with Gasteiger partial charge in [0.25, 0.3) is 5.91 Å². The predicted octanol–water partition coefficient (Wildman–Crippen LogP) is 3.72. The van der Waals surface area contributed by atoms with Gasteiger partial charge in [-0.25, -0.2) is 0 Å². The van der Waals surface area contributed by atoms with Crippen molar-refractivity contribution < 1.29 is 4.79 Å². The largest absolute Gasteiger partial charge is 0.398 e. The maximum Gasteiger partial charge on any atom is 0.258 e. The molecule has 0 spiro atoms. The minimum atomic E-state index is -0.196. The summed E-state index contributed by atoms with van der Waals surface area (Å²) in [7, 11) is 0. The predicted molar refractivity (Wildman–Crippen MR) is 90.2 cm³/mol. The van der Waals surface area contributed by atoms with Gasteiger partial charge in [0.2, 0.25) is 0 Å². The highest BCUT2D eigenvalue weighted by molar-refractivity contribution is 14.1. The van der Waals surface area contributed by atoms with Crippen LogP contribution in [0.5, 0.6) is 0 Å². The zero-order valence-electron chi connectivity index (χ0n) is 10.3. The summed E-state index contributed by atoms with van der Waals surface area (Å²) in [5.41, 5.74) is 9.47. The topological polar surface area (TPSA) is 55.1 Å². The summed E-state index contributed by atoms with van der Waals surface area (Å²) in [6.45, 7) is 0. The first-order valence-corrected chi connectivity index (χ1v) is 7.39. The summed E-state index contributed by atoms with van der Waals surface area (Å²) < 4.78 is 1.12. The van der Waals surface area contributed by atoms with Crippen molar-refractivity contribution in [2.75, 3.05) is 5.32 Å². The number of hydrogen-bond donors (Lipinski definition) is 2. The Bertz CT molecular complexity index is 738. The smallest absolute Gasteiger partial charge is 0.258 e. The first kappa shape index (κ1) is 13.5. The van der Waals surface area contributed by atoms with Crippen molar-refractivity contribution in [1.29, 1.82) is 0 Å². The van der Waals surface area contributed by atoms with E-state index < -0.39 is 0 Å². The molecule has 0 fully saturated rings. The molecular formula is C15H10ClIN2O. The summed E-state index contributed by atoms with van der Waals surface area (Å²) in [5.74, 6) is -0.196. The Balaban J connectivity index is 2.16.